The minimum absolute atomic E-state index is 0.139. The Labute approximate surface area is 159 Å². The molecule has 1 aromatic rings. The molecular formula is C19H28N6O2. The average Bonchev–Trinajstić information content (AvgIpc) is 2.63. The van der Waals surface area contributed by atoms with Gasteiger partial charge >= 0.3 is 0 Å². The number of hydrogen-bond donors (Lipinski definition) is 3. The van der Waals surface area contributed by atoms with Gasteiger partial charge in [0, 0.05) is 24.9 Å². The van der Waals surface area contributed by atoms with Gasteiger partial charge in [-0.05, 0) is 50.3 Å². The number of anilines is 1. The second-order valence-electron chi connectivity index (χ2n) is 7.02. The molecule has 1 aliphatic carbocycles. The van der Waals surface area contributed by atoms with Crippen LogP contribution in [0.15, 0.2) is 28.2 Å². The monoisotopic (exact) mass is 372 g/mol. The van der Waals surface area contributed by atoms with E-state index in [9.17, 15) is 4.79 Å². The first-order valence-electron chi connectivity index (χ1n) is 9.35. The van der Waals surface area contributed by atoms with Crippen LogP contribution in [0, 0.1) is 6.92 Å². The van der Waals surface area contributed by atoms with Gasteiger partial charge in [0.05, 0.1) is 6.61 Å². The molecule has 8 heteroatoms. The third-order valence-electron chi connectivity index (χ3n) is 5.23. The van der Waals surface area contributed by atoms with Crippen LogP contribution in [0.2, 0.25) is 0 Å². The highest BCUT2D eigenvalue weighted by Crippen LogP contribution is 2.40. The van der Waals surface area contributed by atoms with Gasteiger partial charge in [0.1, 0.15) is 5.66 Å². The van der Waals surface area contributed by atoms with Gasteiger partial charge in [0.25, 0.3) is 5.91 Å². The summed E-state index contributed by atoms with van der Waals surface area (Å²) < 4.78 is 4.99. The number of rotatable bonds is 5. The number of nitrogens with zero attached hydrogens (tertiary/aromatic N) is 3. The summed E-state index contributed by atoms with van der Waals surface area (Å²) in [6, 6.07) is 5.62. The Morgan fingerprint density at radius 3 is 2.74 bits per heavy atom. The zero-order valence-corrected chi connectivity index (χ0v) is 16.0. The quantitative estimate of drug-likeness (QED) is 0.677. The molecule has 1 aromatic carbocycles. The molecule has 1 amide bonds. The van der Waals surface area contributed by atoms with Gasteiger partial charge in [0.15, 0.2) is 0 Å². The molecule has 5 N–H and O–H groups in total. The van der Waals surface area contributed by atoms with Crippen molar-refractivity contribution >= 4 is 23.5 Å². The molecule has 3 rings (SSSR count). The van der Waals surface area contributed by atoms with E-state index in [1.54, 1.807) is 7.11 Å². The predicted octanol–water partition coefficient (Wildman–Crippen LogP) is 1.48. The standard InChI is InChI=1S/C19H28N6O2/c1-13-14(16(26)22-11-12-27-2)7-6-8-15(13)25-18(21)23-17(20)24-19(25)9-4-3-5-10-19/h6-8H,3-5,9-12H2,1-2H3,(H,22,26)(H4,20,21,23,24). The second kappa shape index (κ2) is 7.96. The van der Waals surface area contributed by atoms with Gasteiger partial charge in [0.2, 0.25) is 11.9 Å². The van der Waals surface area contributed by atoms with Gasteiger partial charge in [-0.2, -0.15) is 4.99 Å². The fourth-order valence-corrected chi connectivity index (χ4v) is 3.94. The molecule has 0 atom stereocenters. The number of amides is 1. The first-order valence-corrected chi connectivity index (χ1v) is 9.35. The summed E-state index contributed by atoms with van der Waals surface area (Å²) in [6.07, 6.45) is 4.98. The number of guanidine groups is 2. The third-order valence-corrected chi connectivity index (χ3v) is 5.23. The third kappa shape index (κ3) is 3.75. The second-order valence-corrected chi connectivity index (χ2v) is 7.02. The lowest BCUT2D eigenvalue weighted by molar-refractivity contribution is 0.0936. The van der Waals surface area contributed by atoms with E-state index >= 15 is 0 Å². The van der Waals surface area contributed by atoms with Crippen molar-refractivity contribution in [1.29, 1.82) is 0 Å². The molecule has 0 bridgehead atoms. The number of hydrogen-bond acceptors (Lipinski definition) is 7. The maximum absolute atomic E-state index is 12.6. The molecule has 1 heterocycles. The van der Waals surface area contributed by atoms with E-state index in [-0.39, 0.29) is 11.9 Å². The van der Waals surface area contributed by atoms with Gasteiger partial charge in [-0.15, -0.1) is 0 Å². The van der Waals surface area contributed by atoms with E-state index in [1.807, 2.05) is 30.0 Å². The van der Waals surface area contributed by atoms with Gasteiger partial charge < -0.3 is 21.5 Å². The summed E-state index contributed by atoms with van der Waals surface area (Å²) in [5.74, 6) is 0.404. The zero-order valence-electron chi connectivity index (χ0n) is 16.0. The summed E-state index contributed by atoms with van der Waals surface area (Å²) >= 11 is 0. The van der Waals surface area contributed by atoms with Crippen LogP contribution >= 0.6 is 0 Å². The predicted molar refractivity (Wildman–Crippen MR) is 107 cm³/mol. The molecule has 0 radical (unpaired) electrons. The molecule has 0 unspecified atom stereocenters. The van der Waals surface area contributed by atoms with Gasteiger partial charge in [-0.25, -0.2) is 4.99 Å². The Hall–Kier alpha value is -2.61. The van der Waals surface area contributed by atoms with Crippen LogP contribution in [-0.2, 0) is 4.74 Å². The summed E-state index contributed by atoms with van der Waals surface area (Å²) in [5, 5.41) is 2.87. The van der Waals surface area contributed by atoms with Crippen LogP contribution in [0.25, 0.3) is 0 Å². The number of nitrogens with one attached hydrogen (secondary N) is 1. The number of nitrogens with two attached hydrogens (primary N) is 2. The Morgan fingerprint density at radius 2 is 2.04 bits per heavy atom. The van der Waals surface area contributed by atoms with Crippen molar-refractivity contribution in [2.75, 3.05) is 25.2 Å². The highest BCUT2D eigenvalue weighted by Gasteiger charge is 2.43. The van der Waals surface area contributed by atoms with Gasteiger partial charge in [-0.1, -0.05) is 12.5 Å². The normalized spacial score (nSPS) is 18.8. The topological polar surface area (TPSA) is 118 Å². The number of ether oxygens (including phenoxy) is 1. The number of aliphatic imine (C=N–C) groups is 2. The largest absolute Gasteiger partial charge is 0.383 e. The van der Waals surface area contributed by atoms with Crippen molar-refractivity contribution in [3.63, 3.8) is 0 Å². The van der Waals surface area contributed by atoms with Crippen molar-refractivity contribution in [3.05, 3.63) is 29.3 Å². The summed E-state index contributed by atoms with van der Waals surface area (Å²) in [4.78, 5) is 23.4. The fraction of sp³-hybridized carbons (Fsp3) is 0.526. The minimum atomic E-state index is -0.524. The van der Waals surface area contributed by atoms with Crippen LogP contribution < -0.4 is 21.7 Å². The van der Waals surface area contributed by atoms with Crippen LogP contribution in [0.1, 0.15) is 48.0 Å². The van der Waals surface area contributed by atoms with Crippen LogP contribution in [0.5, 0.6) is 0 Å². The SMILES string of the molecule is COCCNC(=O)c1cccc(N2C(N)=NC(N)=NC23CCCCC3)c1C. The van der Waals surface area contributed by atoms with Crippen LogP contribution in [-0.4, -0.2) is 43.8 Å². The van der Waals surface area contributed by atoms with Crippen LogP contribution in [0.3, 0.4) is 0 Å². The maximum atomic E-state index is 12.6. The smallest absolute Gasteiger partial charge is 0.251 e. The Morgan fingerprint density at radius 1 is 1.30 bits per heavy atom. The van der Waals surface area contributed by atoms with E-state index in [4.69, 9.17) is 21.2 Å². The molecular weight excluding hydrogens is 344 g/mol. The summed E-state index contributed by atoms with van der Waals surface area (Å²) in [6.45, 7) is 2.84. The summed E-state index contributed by atoms with van der Waals surface area (Å²) in [7, 11) is 1.60. The van der Waals surface area contributed by atoms with Crippen molar-refractivity contribution in [2.24, 2.45) is 21.5 Å². The van der Waals surface area contributed by atoms with Crippen molar-refractivity contribution in [3.8, 4) is 0 Å². The Kier molecular flexibility index (Phi) is 5.65. The van der Waals surface area contributed by atoms with E-state index < -0.39 is 5.66 Å². The fourth-order valence-electron chi connectivity index (χ4n) is 3.94. The molecule has 1 fully saturated rings. The van der Waals surface area contributed by atoms with Gasteiger partial charge in [-0.3, -0.25) is 9.69 Å². The van der Waals surface area contributed by atoms with E-state index in [0.717, 1.165) is 36.9 Å². The first kappa shape index (κ1) is 19.2. The molecule has 2 aliphatic rings. The highest BCUT2D eigenvalue weighted by molar-refractivity contribution is 6.07. The number of carbonyl (C=O) groups excluding carboxylic acids is 1. The lowest BCUT2D eigenvalue weighted by Crippen LogP contribution is -2.58. The Bertz CT molecular complexity index is 767. The molecule has 0 aromatic heterocycles. The van der Waals surface area contributed by atoms with Crippen molar-refractivity contribution in [1.82, 2.24) is 5.32 Å². The number of benzene rings is 1. The zero-order chi connectivity index (χ0) is 19.4. The lowest BCUT2D eigenvalue weighted by atomic mass is 9.86. The number of carbonyl (C=O) groups is 1. The van der Waals surface area contributed by atoms with E-state index in [2.05, 4.69) is 10.3 Å². The highest BCUT2D eigenvalue weighted by atomic mass is 16.5. The molecule has 1 spiro atoms. The van der Waals surface area contributed by atoms with E-state index in [1.165, 1.54) is 6.42 Å². The molecule has 27 heavy (non-hydrogen) atoms. The lowest BCUT2D eigenvalue weighted by Gasteiger charge is -2.46. The van der Waals surface area contributed by atoms with Crippen LogP contribution in [0.4, 0.5) is 5.69 Å². The molecule has 1 aliphatic heterocycles. The van der Waals surface area contributed by atoms with E-state index in [0.29, 0.717) is 24.7 Å². The van der Waals surface area contributed by atoms with Crippen molar-refractivity contribution in [2.45, 2.75) is 44.7 Å². The van der Waals surface area contributed by atoms with Crippen molar-refractivity contribution < 1.29 is 9.53 Å². The molecule has 146 valence electrons. The Balaban J connectivity index is 1.98. The summed E-state index contributed by atoms with van der Waals surface area (Å²) in [5.41, 5.74) is 14.0. The first-order chi connectivity index (χ1) is 13.0. The molecule has 0 saturated heterocycles. The number of methoxy groups -OCH3 is 1. The molecule has 8 nitrogen and oxygen atoms in total. The maximum Gasteiger partial charge on any atom is 0.251 e. The average molecular weight is 372 g/mol. The molecule has 1 saturated carbocycles. The minimum Gasteiger partial charge on any atom is -0.383 e.